The summed E-state index contributed by atoms with van der Waals surface area (Å²) < 4.78 is 36.6. The molecule has 0 bridgehead atoms. The summed E-state index contributed by atoms with van der Waals surface area (Å²) in [5, 5.41) is 0.617. The second kappa shape index (κ2) is 9.87. The van der Waals surface area contributed by atoms with Gasteiger partial charge in [0, 0.05) is 73.1 Å². The van der Waals surface area contributed by atoms with Crippen LogP contribution in [0.5, 0.6) is 0 Å². The van der Waals surface area contributed by atoms with Crippen molar-refractivity contribution in [3.05, 3.63) is 65.4 Å². The molecule has 6 rings (SSSR count). The lowest BCUT2D eigenvalue weighted by Gasteiger charge is -2.30. The molecule has 0 atom stereocenters. The Balaban J connectivity index is 1.54. The van der Waals surface area contributed by atoms with Crippen molar-refractivity contribution < 1.29 is 18.3 Å². The van der Waals surface area contributed by atoms with Gasteiger partial charge >= 0.3 is 0 Å². The first-order valence-electron chi connectivity index (χ1n) is 13.0. The molecule has 9 heteroatoms. The van der Waals surface area contributed by atoms with Crippen LogP contribution < -0.4 is 0 Å². The van der Waals surface area contributed by atoms with E-state index in [-0.39, 0.29) is 23.1 Å². The predicted molar refractivity (Wildman–Crippen MR) is 140 cm³/mol. The summed E-state index contributed by atoms with van der Waals surface area (Å²) >= 11 is 0. The van der Waals surface area contributed by atoms with E-state index >= 15 is 0 Å². The number of aromatic nitrogens is 4. The van der Waals surface area contributed by atoms with E-state index in [0.29, 0.717) is 49.3 Å². The maximum atomic E-state index is 14.4. The van der Waals surface area contributed by atoms with E-state index in [1.54, 1.807) is 31.3 Å². The molecule has 0 N–H and O–H groups in total. The van der Waals surface area contributed by atoms with Crippen LogP contribution in [0.1, 0.15) is 54.9 Å². The minimum atomic E-state index is -2.71. The van der Waals surface area contributed by atoms with Gasteiger partial charge in [-0.25, -0.2) is 18.7 Å². The summed E-state index contributed by atoms with van der Waals surface area (Å²) in [5.41, 5.74) is 4.47. The Labute approximate surface area is 219 Å². The molecule has 0 unspecified atom stereocenters. The lowest BCUT2D eigenvalue weighted by atomic mass is 9.99. The molecule has 1 amide bonds. The van der Waals surface area contributed by atoms with Gasteiger partial charge in [0.2, 0.25) is 5.91 Å². The maximum absolute atomic E-state index is 14.4. The van der Waals surface area contributed by atoms with Gasteiger partial charge in [-0.3, -0.25) is 9.78 Å². The van der Waals surface area contributed by atoms with Crippen molar-refractivity contribution in [2.45, 2.75) is 52.1 Å². The zero-order valence-electron chi connectivity index (χ0n) is 21.5. The average Bonchev–Trinajstić information content (AvgIpc) is 3.31. The minimum Gasteiger partial charge on any atom is -0.381 e. The predicted octanol–water partition coefficient (Wildman–Crippen LogP) is 5.66. The number of nitrogens with zero attached hydrogens (tertiary/aromatic N) is 5. The van der Waals surface area contributed by atoms with Crippen LogP contribution in [0.25, 0.3) is 33.4 Å². The number of carbonyl (C=O) groups is 1. The van der Waals surface area contributed by atoms with Crippen LogP contribution in [-0.4, -0.2) is 50.1 Å². The van der Waals surface area contributed by atoms with Gasteiger partial charge in [-0.1, -0.05) is 12.1 Å². The molecule has 0 aliphatic carbocycles. The number of hydrogen-bond acceptors (Lipinski definition) is 5. The summed E-state index contributed by atoms with van der Waals surface area (Å²) in [6, 6.07) is 10.7. The molecule has 196 valence electrons. The smallest absolute Gasteiger partial charge is 0.265 e. The zero-order chi connectivity index (χ0) is 26.4. The van der Waals surface area contributed by atoms with Crippen LogP contribution in [0, 0.1) is 6.92 Å². The van der Waals surface area contributed by atoms with Crippen molar-refractivity contribution >= 4 is 16.8 Å². The molecular weight excluding hydrogens is 488 g/mol. The molecule has 2 aliphatic heterocycles. The van der Waals surface area contributed by atoms with Gasteiger partial charge < -0.3 is 14.2 Å². The van der Waals surface area contributed by atoms with Crippen LogP contribution in [0.3, 0.4) is 0 Å². The molecule has 7 nitrogen and oxygen atoms in total. The number of rotatable bonds is 4. The molecule has 1 fully saturated rings. The first-order valence-corrected chi connectivity index (χ1v) is 13.0. The third-order valence-corrected chi connectivity index (χ3v) is 7.63. The van der Waals surface area contributed by atoms with Crippen molar-refractivity contribution in [1.29, 1.82) is 0 Å². The van der Waals surface area contributed by atoms with Gasteiger partial charge in [0.1, 0.15) is 5.82 Å². The fourth-order valence-electron chi connectivity index (χ4n) is 5.57. The molecule has 1 aromatic carbocycles. The highest BCUT2D eigenvalue weighted by Gasteiger charge is 2.31. The van der Waals surface area contributed by atoms with Crippen molar-refractivity contribution in [1.82, 2.24) is 24.4 Å². The average molecular weight is 518 g/mol. The molecular formula is C29H29F2N5O2. The Kier molecular flexibility index (Phi) is 6.39. The van der Waals surface area contributed by atoms with Gasteiger partial charge in [-0.05, 0) is 44.0 Å². The number of halogens is 2. The third-order valence-electron chi connectivity index (χ3n) is 7.63. The SMILES string of the molecule is CC(=O)N1CCn2c(C3CCOCC3)nc(-c3cccc4nc(-c5ccc(C)nc5)c(C(F)F)cc34)c2C1. The van der Waals surface area contributed by atoms with E-state index in [0.717, 1.165) is 41.3 Å². The quantitative estimate of drug-likeness (QED) is 0.349. The number of amides is 1. The topological polar surface area (TPSA) is 73.1 Å². The van der Waals surface area contributed by atoms with Crippen molar-refractivity contribution in [3.8, 4) is 22.5 Å². The van der Waals surface area contributed by atoms with E-state index in [4.69, 9.17) is 14.7 Å². The maximum Gasteiger partial charge on any atom is 0.265 e. The zero-order valence-corrected chi connectivity index (χ0v) is 21.5. The number of imidazole rings is 1. The standard InChI is InChI=1S/C29H29F2N5O2/c1-17-6-7-20(15-32-17)26-23(28(30)31)14-22-21(4-3-5-24(22)33-26)27-25-16-35(18(2)37)10-11-36(25)29(34-27)19-8-12-38-13-9-19/h3-7,14-15,19,28H,8-13,16H2,1-2H3. The van der Waals surface area contributed by atoms with Crippen LogP contribution in [-0.2, 0) is 22.6 Å². The summed E-state index contributed by atoms with van der Waals surface area (Å²) in [4.78, 5) is 28.2. The van der Waals surface area contributed by atoms with Crippen molar-refractivity contribution in [2.75, 3.05) is 19.8 Å². The molecule has 0 spiro atoms. The molecule has 5 heterocycles. The fourth-order valence-corrected chi connectivity index (χ4v) is 5.57. The van der Waals surface area contributed by atoms with Crippen molar-refractivity contribution in [2.24, 2.45) is 0 Å². The van der Waals surface area contributed by atoms with Crippen LogP contribution >= 0.6 is 0 Å². The second-order valence-corrected chi connectivity index (χ2v) is 10.0. The first kappa shape index (κ1) is 24.6. The Bertz CT molecular complexity index is 1510. The number of pyridine rings is 2. The molecule has 0 saturated carbocycles. The number of ether oxygens (including phenoxy) is 1. The minimum absolute atomic E-state index is 0.00642. The van der Waals surface area contributed by atoms with Gasteiger partial charge in [0.05, 0.1) is 29.1 Å². The third kappa shape index (κ3) is 4.34. The Morgan fingerprint density at radius 3 is 2.61 bits per heavy atom. The van der Waals surface area contributed by atoms with E-state index in [9.17, 15) is 13.6 Å². The monoisotopic (exact) mass is 517 g/mol. The summed E-state index contributed by atoms with van der Waals surface area (Å²) in [5.74, 6) is 1.25. The highest BCUT2D eigenvalue weighted by molar-refractivity contribution is 5.96. The van der Waals surface area contributed by atoms with Gasteiger partial charge in [0.15, 0.2) is 0 Å². The molecule has 0 radical (unpaired) electrons. The summed E-state index contributed by atoms with van der Waals surface area (Å²) in [7, 11) is 0. The number of benzene rings is 1. The number of carbonyl (C=O) groups excluding carboxylic acids is 1. The fraction of sp³-hybridized carbons (Fsp3) is 0.379. The van der Waals surface area contributed by atoms with Gasteiger partial charge in [0.25, 0.3) is 6.43 Å². The van der Waals surface area contributed by atoms with E-state index < -0.39 is 6.43 Å². The Hall–Kier alpha value is -3.72. The highest BCUT2D eigenvalue weighted by Crippen LogP contribution is 2.39. The Morgan fingerprint density at radius 1 is 1.08 bits per heavy atom. The molecule has 3 aromatic heterocycles. The second-order valence-electron chi connectivity index (χ2n) is 10.0. The first-order chi connectivity index (χ1) is 18.4. The van der Waals surface area contributed by atoms with E-state index in [2.05, 4.69) is 9.55 Å². The molecule has 2 aliphatic rings. The van der Waals surface area contributed by atoms with Crippen LogP contribution in [0.2, 0.25) is 0 Å². The van der Waals surface area contributed by atoms with E-state index in [1.165, 1.54) is 0 Å². The Morgan fingerprint density at radius 2 is 1.89 bits per heavy atom. The highest BCUT2D eigenvalue weighted by atomic mass is 19.3. The van der Waals surface area contributed by atoms with Gasteiger partial charge in [-0.15, -0.1) is 0 Å². The summed E-state index contributed by atoms with van der Waals surface area (Å²) in [6.45, 7) is 6.51. The number of fused-ring (bicyclic) bond motifs is 2. The molecule has 1 saturated heterocycles. The summed E-state index contributed by atoms with van der Waals surface area (Å²) in [6.07, 6.45) is 0.638. The molecule has 38 heavy (non-hydrogen) atoms. The van der Waals surface area contributed by atoms with Crippen LogP contribution in [0.15, 0.2) is 42.6 Å². The molecule has 4 aromatic rings. The van der Waals surface area contributed by atoms with Crippen LogP contribution in [0.4, 0.5) is 8.78 Å². The largest absolute Gasteiger partial charge is 0.381 e. The number of alkyl halides is 2. The lowest BCUT2D eigenvalue weighted by Crippen LogP contribution is -2.37. The number of aryl methyl sites for hydroxylation is 1. The van der Waals surface area contributed by atoms with E-state index in [1.807, 2.05) is 30.0 Å². The van der Waals surface area contributed by atoms with Gasteiger partial charge in [-0.2, -0.15) is 0 Å². The normalized spacial score (nSPS) is 16.3. The van der Waals surface area contributed by atoms with Crippen molar-refractivity contribution in [3.63, 3.8) is 0 Å². The number of hydrogen-bond donors (Lipinski definition) is 0. The lowest BCUT2D eigenvalue weighted by molar-refractivity contribution is -0.130.